The molecule has 1 atom stereocenters. The van der Waals surface area contributed by atoms with Crippen LogP contribution >= 0.6 is 0 Å². The van der Waals surface area contributed by atoms with Gasteiger partial charge in [0.25, 0.3) is 11.8 Å². The van der Waals surface area contributed by atoms with Gasteiger partial charge in [-0.3, -0.25) is 14.6 Å². The number of urea groups is 1. The van der Waals surface area contributed by atoms with Crippen molar-refractivity contribution in [2.24, 2.45) is 5.41 Å². The van der Waals surface area contributed by atoms with Gasteiger partial charge >= 0.3 is 6.03 Å². The smallest absolute Gasteiger partial charge is 0.332 e. The SMILES string of the molecule is CC1(C)CN(C(=O)c2ccncc2F)CC2C(=O)N(c3ccc(F)cc3)C(=O)N2C1. The number of carbonyl (C=O) groups is 3. The third kappa shape index (κ3) is 3.40. The molecule has 0 radical (unpaired) electrons. The van der Waals surface area contributed by atoms with Gasteiger partial charge in [0.2, 0.25) is 0 Å². The molecule has 30 heavy (non-hydrogen) atoms. The second kappa shape index (κ2) is 7.16. The van der Waals surface area contributed by atoms with E-state index in [1.165, 1.54) is 46.3 Å². The molecule has 2 fully saturated rings. The largest absolute Gasteiger partial charge is 0.335 e. The standard InChI is InChI=1S/C21H20F2N4O3/c1-21(2)11-25(18(28)15-7-8-24-9-16(15)23)10-17-19(29)27(20(30)26(17)12-21)14-5-3-13(22)4-6-14/h3-9,17H,10-12H2,1-2H3. The van der Waals surface area contributed by atoms with Gasteiger partial charge in [0.15, 0.2) is 5.82 Å². The Morgan fingerprint density at radius 1 is 1.10 bits per heavy atom. The maximum atomic E-state index is 14.1. The lowest BCUT2D eigenvalue weighted by Gasteiger charge is -2.30. The van der Waals surface area contributed by atoms with Crippen LogP contribution in [-0.2, 0) is 4.79 Å². The predicted octanol–water partition coefficient (Wildman–Crippen LogP) is 2.68. The number of pyridine rings is 1. The van der Waals surface area contributed by atoms with Gasteiger partial charge in [0.1, 0.15) is 11.9 Å². The molecule has 0 saturated carbocycles. The van der Waals surface area contributed by atoms with Crippen LogP contribution in [-0.4, -0.2) is 58.3 Å². The molecule has 3 heterocycles. The molecular formula is C21H20F2N4O3. The number of hydrogen-bond donors (Lipinski definition) is 0. The Labute approximate surface area is 171 Å². The van der Waals surface area contributed by atoms with Gasteiger partial charge in [0.05, 0.1) is 24.0 Å². The van der Waals surface area contributed by atoms with Gasteiger partial charge in [-0.1, -0.05) is 13.8 Å². The molecule has 0 spiro atoms. The third-order valence-corrected chi connectivity index (χ3v) is 5.30. The number of carbonyl (C=O) groups excluding carboxylic acids is 3. The molecule has 0 bridgehead atoms. The maximum Gasteiger partial charge on any atom is 0.332 e. The number of halogens is 2. The van der Waals surface area contributed by atoms with Crippen LogP contribution in [0.1, 0.15) is 24.2 Å². The Balaban J connectivity index is 1.68. The summed E-state index contributed by atoms with van der Waals surface area (Å²) in [6, 6.07) is 4.93. The summed E-state index contributed by atoms with van der Waals surface area (Å²) in [4.78, 5) is 46.7. The van der Waals surface area contributed by atoms with E-state index < -0.39 is 40.9 Å². The summed E-state index contributed by atoms with van der Waals surface area (Å²) in [6.07, 6.45) is 2.29. The van der Waals surface area contributed by atoms with E-state index in [0.29, 0.717) is 0 Å². The lowest BCUT2D eigenvalue weighted by Crippen LogP contribution is -2.44. The highest BCUT2D eigenvalue weighted by Gasteiger charge is 2.50. The number of fused-ring (bicyclic) bond motifs is 1. The van der Waals surface area contributed by atoms with Crippen molar-refractivity contribution in [1.82, 2.24) is 14.8 Å². The fourth-order valence-corrected chi connectivity index (χ4v) is 4.00. The lowest BCUT2D eigenvalue weighted by atomic mass is 9.92. The number of nitrogens with zero attached hydrogens (tertiary/aromatic N) is 4. The Morgan fingerprint density at radius 3 is 2.47 bits per heavy atom. The van der Waals surface area contributed by atoms with E-state index in [1.54, 1.807) is 0 Å². The molecular weight excluding hydrogens is 394 g/mol. The number of benzene rings is 1. The summed E-state index contributed by atoms with van der Waals surface area (Å²) in [6.45, 7) is 4.17. The van der Waals surface area contributed by atoms with E-state index in [-0.39, 0.29) is 30.9 Å². The first-order valence-electron chi connectivity index (χ1n) is 9.47. The van der Waals surface area contributed by atoms with Gasteiger partial charge in [-0.2, -0.15) is 0 Å². The van der Waals surface area contributed by atoms with Crippen LogP contribution in [0, 0.1) is 17.0 Å². The van der Waals surface area contributed by atoms with Crippen LogP contribution in [0.2, 0.25) is 0 Å². The molecule has 9 heteroatoms. The second-order valence-corrected chi connectivity index (χ2v) is 8.28. The van der Waals surface area contributed by atoms with Gasteiger partial charge in [-0.05, 0) is 30.3 Å². The Bertz CT molecular complexity index is 1030. The number of hydrogen-bond acceptors (Lipinski definition) is 4. The molecule has 2 aromatic rings. The summed E-state index contributed by atoms with van der Waals surface area (Å²) in [5.41, 5.74) is -0.417. The topological polar surface area (TPSA) is 73.8 Å². The molecule has 156 valence electrons. The molecule has 4 rings (SSSR count). The van der Waals surface area contributed by atoms with Crippen molar-refractivity contribution >= 4 is 23.5 Å². The van der Waals surface area contributed by atoms with Crippen molar-refractivity contribution in [2.75, 3.05) is 24.5 Å². The minimum Gasteiger partial charge on any atom is -0.335 e. The molecule has 1 aromatic carbocycles. The Kier molecular flexibility index (Phi) is 4.76. The number of anilines is 1. The highest BCUT2D eigenvalue weighted by Crippen LogP contribution is 2.33. The van der Waals surface area contributed by atoms with Crippen LogP contribution in [0.3, 0.4) is 0 Å². The molecule has 4 amide bonds. The van der Waals surface area contributed by atoms with Crippen molar-refractivity contribution < 1.29 is 23.2 Å². The monoisotopic (exact) mass is 414 g/mol. The Hall–Kier alpha value is -3.36. The van der Waals surface area contributed by atoms with E-state index in [4.69, 9.17) is 0 Å². The third-order valence-electron chi connectivity index (χ3n) is 5.30. The lowest BCUT2D eigenvalue weighted by molar-refractivity contribution is -0.119. The molecule has 2 aliphatic heterocycles. The normalized spacial score (nSPS) is 20.9. The van der Waals surface area contributed by atoms with Crippen molar-refractivity contribution in [3.8, 4) is 0 Å². The summed E-state index contributed by atoms with van der Waals surface area (Å²) >= 11 is 0. The van der Waals surface area contributed by atoms with Gasteiger partial charge < -0.3 is 9.80 Å². The summed E-state index contributed by atoms with van der Waals surface area (Å²) in [7, 11) is 0. The quantitative estimate of drug-likeness (QED) is 0.709. The van der Waals surface area contributed by atoms with Crippen molar-refractivity contribution in [2.45, 2.75) is 19.9 Å². The minimum atomic E-state index is -0.904. The van der Waals surface area contributed by atoms with Gasteiger partial charge in [-0.15, -0.1) is 0 Å². The van der Waals surface area contributed by atoms with Crippen LogP contribution < -0.4 is 4.90 Å². The molecule has 1 aromatic heterocycles. The van der Waals surface area contributed by atoms with Crippen molar-refractivity contribution in [1.29, 1.82) is 0 Å². The summed E-state index contributed by atoms with van der Waals surface area (Å²) < 4.78 is 27.4. The zero-order valence-electron chi connectivity index (χ0n) is 16.5. The van der Waals surface area contributed by atoms with Crippen LogP contribution in [0.4, 0.5) is 19.3 Å². The Morgan fingerprint density at radius 2 is 1.80 bits per heavy atom. The minimum absolute atomic E-state index is 0.0632. The first-order chi connectivity index (χ1) is 14.2. The average Bonchev–Trinajstić information content (AvgIpc) is 2.83. The number of aromatic nitrogens is 1. The number of amides is 4. The summed E-state index contributed by atoms with van der Waals surface area (Å²) in [5.74, 6) is -2.30. The van der Waals surface area contributed by atoms with Gasteiger partial charge in [0, 0.05) is 24.7 Å². The zero-order valence-corrected chi connectivity index (χ0v) is 16.5. The van der Waals surface area contributed by atoms with Gasteiger partial charge in [-0.25, -0.2) is 18.5 Å². The molecule has 2 aliphatic rings. The fraction of sp³-hybridized carbons (Fsp3) is 0.333. The summed E-state index contributed by atoms with van der Waals surface area (Å²) in [5, 5.41) is 0. The van der Waals surface area contributed by atoms with E-state index in [0.717, 1.165) is 11.1 Å². The molecule has 2 saturated heterocycles. The second-order valence-electron chi connectivity index (χ2n) is 8.28. The molecule has 0 N–H and O–H groups in total. The predicted molar refractivity (Wildman–Crippen MR) is 104 cm³/mol. The maximum absolute atomic E-state index is 14.1. The zero-order chi connectivity index (χ0) is 21.6. The first kappa shape index (κ1) is 19.9. The number of imide groups is 1. The molecule has 7 nitrogen and oxygen atoms in total. The highest BCUT2D eigenvalue weighted by atomic mass is 19.1. The number of rotatable bonds is 2. The highest BCUT2D eigenvalue weighted by molar-refractivity contribution is 6.21. The molecule has 1 unspecified atom stereocenters. The van der Waals surface area contributed by atoms with E-state index >= 15 is 0 Å². The van der Waals surface area contributed by atoms with Crippen LogP contribution in [0.25, 0.3) is 0 Å². The fourth-order valence-electron chi connectivity index (χ4n) is 4.00. The average molecular weight is 414 g/mol. The van der Waals surface area contributed by atoms with E-state index in [9.17, 15) is 23.2 Å². The van der Waals surface area contributed by atoms with E-state index in [2.05, 4.69) is 4.98 Å². The van der Waals surface area contributed by atoms with Crippen LogP contribution in [0.15, 0.2) is 42.7 Å². The first-order valence-corrected chi connectivity index (χ1v) is 9.47. The van der Waals surface area contributed by atoms with E-state index in [1.807, 2.05) is 13.8 Å². The van der Waals surface area contributed by atoms with Crippen molar-refractivity contribution in [3.63, 3.8) is 0 Å². The van der Waals surface area contributed by atoms with Crippen LogP contribution in [0.5, 0.6) is 0 Å². The van der Waals surface area contributed by atoms with Crippen molar-refractivity contribution in [3.05, 3.63) is 59.9 Å². The molecule has 0 aliphatic carbocycles.